The van der Waals surface area contributed by atoms with Gasteiger partial charge in [-0.3, -0.25) is 9.10 Å². The molecule has 0 spiro atoms. The monoisotopic (exact) mass is 415 g/mol. The third-order valence-electron chi connectivity index (χ3n) is 4.80. The van der Waals surface area contributed by atoms with Crippen molar-refractivity contribution in [1.29, 1.82) is 0 Å². The Bertz CT molecular complexity index is 719. The number of rotatable bonds is 8. The number of nitrogens with zero attached hydrogens (tertiary/aromatic N) is 2. The third kappa shape index (κ3) is 6.97. The summed E-state index contributed by atoms with van der Waals surface area (Å²) in [5, 5.41) is 3.29. The number of carbonyl (C=O) groups excluding carboxylic acids is 1. The number of benzene rings is 1. The molecule has 0 bridgehead atoms. The standard InChI is InChI=1S/C19H30ClN3O3S/c1-16(23(27(2,25)26)18-10-7-9-17(20)15-18)19(24)21-11-8-14-22-12-5-3-4-6-13-22/h7,9-10,15-16H,3-6,8,11-14H2,1-2H3,(H,21,24)/t16-/m1/s1. The summed E-state index contributed by atoms with van der Waals surface area (Å²) >= 11 is 5.98. The summed E-state index contributed by atoms with van der Waals surface area (Å²) in [5.74, 6) is -0.309. The second-order valence-electron chi connectivity index (χ2n) is 7.12. The van der Waals surface area contributed by atoms with E-state index in [9.17, 15) is 13.2 Å². The van der Waals surface area contributed by atoms with Crippen LogP contribution in [0.2, 0.25) is 5.02 Å². The first-order chi connectivity index (χ1) is 12.8. The summed E-state index contributed by atoms with van der Waals surface area (Å²) in [6.45, 7) is 5.33. The van der Waals surface area contributed by atoms with E-state index in [0.29, 0.717) is 17.3 Å². The Hall–Kier alpha value is -1.31. The van der Waals surface area contributed by atoms with E-state index in [1.807, 2.05) is 0 Å². The van der Waals surface area contributed by atoms with E-state index in [1.54, 1.807) is 31.2 Å². The molecule has 0 radical (unpaired) electrons. The number of halogens is 1. The van der Waals surface area contributed by atoms with E-state index in [2.05, 4.69) is 10.2 Å². The van der Waals surface area contributed by atoms with Crippen LogP contribution < -0.4 is 9.62 Å². The average Bonchev–Trinajstić information content (AvgIpc) is 2.86. The molecular formula is C19H30ClN3O3S. The molecule has 1 aromatic carbocycles. The summed E-state index contributed by atoms with van der Waals surface area (Å²) in [6, 6.07) is 5.67. The van der Waals surface area contributed by atoms with E-state index in [1.165, 1.54) is 25.7 Å². The number of nitrogens with one attached hydrogen (secondary N) is 1. The van der Waals surface area contributed by atoms with Gasteiger partial charge in [0.05, 0.1) is 11.9 Å². The van der Waals surface area contributed by atoms with E-state index in [0.717, 1.165) is 36.6 Å². The van der Waals surface area contributed by atoms with Crippen LogP contribution in [0.5, 0.6) is 0 Å². The van der Waals surface area contributed by atoms with Crippen molar-refractivity contribution in [3.8, 4) is 0 Å². The van der Waals surface area contributed by atoms with E-state index < -0.39 is 16.1 Å². The molecule has 8 heteroatoms. The van der Waals surface area contributed by atoms with Crippen molar-refractivity contribution in [2.75, 3.05) is 36.7 Å². The summed E-state index contributed by atoms with van der Waals surface area (Å²) in [5.41, 5.74) is 0.386. The van der Waals surface area contributed by atoms with Gasteiger partial charge in [0, 0.05) is 11.6 Å². The molecule has 2 rings (SSSR count). The van der Waals surface area contributed by atoms with Crippen molar-refractivity contribution < 1.29 is 13.2 Å². The third-order valence-corrected chi connectivity index (χ3v) is 6.28. The maximum atomic E-state index is 12.5. The van der Waals surface area contributed by atoms with Gasteiger partial charge in [0.25, 0.3) is 0 Å². The molecule has 0 aliphatic carbocycles. The van der Waals surface area contributed by atoms with Crippen LogP contribution >= 0.6 is 11.6 Å². The van der Waals surface area contributed by atoms with Gasteiger partial charge in [-0.05, 0) is 64.0 Å². The summed E-state index contributed by atoms with van der Waals surface area (Å²) in [7, 11) is -3.63. The number of anilines is 1. The lowest BCUT2D eigenvalue weighted by molar-refractivity contribution is -0.121. The highest BCUT2D eigenvalue weighted by atomic mass is 35.5. The van der Waals surface area contributed by atoms with Crippen LogP contribution in [0.3, 0.4) is 0 Å². The Labute approximate surface area is 167 Å². The van der Waals surface area contributed by atoms with Crippen molar-refractivity contribution in [1.82, 2.24) is 10.2 Å². The minimum Gasteiger partial charge on any atom is -0.354 e. The van der Waals surface area contributed by atoms with E-state index in [-0.39, 0.29) is 5.91 Å². The first-order valence-corrected chi connectivity index (χ1v) is 11.8. The zero-order valence-corrected chi connectivity index (χ0v) is 17.7. The second-order valence-corrected chi connectivity index (χ2v) is 9.41. The summed E-state index contributed by atoms with van der Waals surface area (Å²) in [6.07, 6.45) is 7.04. The largest absolute Gasteiger partial charge is 0.354 e. The Morgan fingerprint density at radius 1 is 1.26 bits per heavy atom. The average molecular weight is 416 g/mol. The van der Waals surface area contributed by atoms with Gasteiger partial charge in [0.1, 0.15) is 6.04 Å². The van der Waals surface area contributed by atoms with Crippen molar-refractivity contribution in [2.24, 2.45) is 0 Å². The molecule has 1 heterocycles. The van der Waals surface area contributed by atoms with Gasteiger partial charge in [-0.25, -0.2) is 8.42 Å². The van der Waals surface area contributed by atoms with Gasteiger partial charge < -0.3 is 10.2 Å². The molecule has 6 nitrogen and oxygen atoms in total. The Balaban J connectivity index is 1.91. The molecule has 1 saturated heterocycles. The zero-order chi connectivity index (χ0) is 19.9. The van der Waals surface area contributed by atoms with Crippen LogP contribution in [-0.2, 0) is 14.8 Å². The van der Waals surface area contributed by atoms with Gasteiger partial charge in [-0.1, -0.05) is 30.5 Å². The van der Waals surface area contributed by atoms with Crippen molar-refractivity contribution in [3.63, 3.8) is 0 Å². The molecule has 1 aliphatic rings. The molecule has 1 N–H and O–H groups in total. The molecular weight excluding hydrogens is 386 g/mol. The fourth-order valence-corrected chi connectivity index (χ4v) is 4.79. The van der Waals surface area contributed by atoms with Crippen molar-refractivity contribution in [3.05, 3.63) is 29.3 Å². The number of likely N-dealkylation sites (tertiary alicyclic amines) is 1. The molecule has 27 heavy (non-hydrogen) atoms. The molecule has 1 aliphatic heterocycles. The topological polar surface area (TPSA) is 69.7 Å². The van der Waals surface area contributed by atoms with E-state index >= 15 is 0 Å². The Kier molecular flexibility index (Phi) is 8.38. The van der Waals surface area contributed by atoms with Gasteiger partial charge >= 0.3 is 0 Å². The normalized spacial score (nSPS) is 17.1. The smallest absolute Gasteiger partial charge is 0.243 e. The number of hydrogen-bond donors (Lipinski definition) is 1. The maximum Gasteiger partial charge on any atom is 0.243 e. The number of amides is 1. The fourth-order valence-electron chi connectivity index (χ4n) is 3.44. The number of carbonyl (C=O) groups is 1. The van der Waals surface area contributed by atoms with E-state index in [4.69, 9.17) is 11.6 Å². The zero-order valence-electron chi connectivity index (χ0n) is 16.2. The van der Waals surface area contributed by atoms with Gasteiger partial charge in [0.15, 0.2) is 0 Å². The number of hydrogen-bond acceptors (Lipinski definition) is 4. The predicted octanol–water partition coefficient (Wildman–Crippen LogP) is 2.88. The molecule has 1 aromatic rings. The van der Waals surface area contributed by atoms with Gasteiger partial charge in [0.2, 0.25) is 15.9 Å². The lowest BCUT2D eigenvalue weighted by Gasteiger charge is -2.28. The molecule has 1 atom stereocenters. The highest BCUT2D eigenvalue weighted by molar-refractivity contribution is 7.92. The van der Waals surface area contributed by atoms with Crippen LogP contribution in [0.4, 0.5) is 5.69 Å². The summed E-state index contributed by atoms with van der Waals surface area (Å²) in [4.78, 5) is 15.0. The Morgan fingerprint density at radius 2 is 1.93 bits per heavy atom. The number of sulfonamides is 1. The highest BCUT2D eigenvalue weighted by Gasteiger charge is 2.29. The highest BCUT2D eigenvalue weighted by Crippen LogP contribution is 2.24. The minimum absolute atomic E-state index is 0.309. The van der Waals surface area contributed by atoms with Crippen LogP contribution in [0, 0.1) is 0 Å². The van der Waals surface area contributed by atoms with Crippen LogP contribution in [-0.4, -0.2) is 57.7 Å². The maximum absolute atomic E-state index is 12.5. The molecule has 1 amide bonds. The molecule has 0 aromatic heterocycles. The van der Waals surface area contributed by atoms with Gasteiger partial charge in [-0.2, -0.15) is 0 Å². The van der Waals surface area contributed by atoms with Crippen LogP contribution in [0.1, 0.15) is 39.0 Å². The molecule has 1 fully saturated rings. The minimum atomic E-state index is -3.63. The SMILES string of the molecule is C[C@H](C(=O)NCCCN1CCCCCC1)N(c1cccc(Cl)c1)S(C)(=O)=O. The quantitative estimate of drug-likeness (QED) is 0.663. The van der Waals surface area contributed by atoms with Crippen molar-refractivity contribution >= 4 is 33.2 Å². The van der Waals surface area contributed by atoms with Crippen LogP contribution in [0.15, 0.2) is 24.3 Å². The second kappa shape index (κ2) is 10.3. The summed E-state index contributed by atoms with van der Waals surface area (Å²) < 4.78 is 25.6. The lowest BCUT2D eigenvalue weighted by Crippen LogP contribution is -2.48. The lowest BCUT2D eigenvalue weighted by atomic mass is 10.2. The molecule has 152 valence electrons. The van der Waals surface area contributed by atoms with Gasteiger partial charge in [-0.15, -0.1) is 0 Å². The Morgan fingerprint density at radius 3 is 2.52 bits per heavy atom. The molecule has 0 saturated carbocycles. The van der Waals surface area contributed by atoms with Crippen molar-refractivity contribution in [2.45, 2.75) is 45.1 Å². The van der Waals surface area contributed by atoms with Crippen LogP contribution in [0.25, 0.3) is 0 Å². The fraction of sp³-hybridized carbons (Fsp3) is 0.632. The first-order valence-electron chi connectivity index (χ1n) is 9.54. The molecule has 0 unspecified atom stereocenters. The predicted molar refractivity (Wildman–Crippen MR) is 111 cm³/mol. The first kappa shape index (κ1) is 22.0.